The van der Waals surface area contributed by atoms with Crippen LogP contribution in [0.4, 0.5) is 0 Å². The van der Waals surface area contributed by atoms with Crippen LogP contribution in [0.2, 0.25) is 0 Å². The van der Waals surface area contributed by atoms with Gasteiger partial charge in [-0.05, 0) is 44.7 Å². The Bertz CT molecular complexity index is 587. The molecule has 1 saturated carbocycles. The van der Waals surface area contributed by atoms with Gasteiger partial charge in [-0.25, -0.2) is 0 Å². The predicted octanol–water partition coefficient (Wildman–Crippen LogP) is 1.59. The van der Waals surface area contributed by atoms with Crippen molar-refractivity contribution < 1.29 is 14.4 Å². The molecule has 1 aromatic carbocycles. The molecule has 0 radical (unpaired) electrons. The van der Waals surface area contributed by atoms with Gasteiger partial charge in [0.05, 0.1) is 11.1 Å². The van der Waals surface area contributed by atoms with Crippen LogP contribution in [0.15, 0.2) is 24.3 Å². The summed E-state index contributed by atoms with van der Waals surface area (Å²) in [6, 6.07) is 5.97. The normalized spacial score (nSPS) is 20.2. The van der Waals surface area contributed by atoms with Gasteiger partial charge in [-0.3, -0.25) is 19.3 Å². The van der Waals surface area contributed by atoms with E-state index in [1.807, 2.05) is 6.92 Å². The summed E-state index contributed by atoms with van der Waals surface area (Å²) in [4.78, 5) is 37.9. The maximum atomic E-state index is 12.3. The Labute approximate surface area is 123 Å². The second-order valence-electron chi connectivity index (χ2n) is 5.84. The number of nitrogens with one attached hydrogen (secondary N) is 1. The summed E-state index contributed by atoms with van der Waals surface area (Å²) in [6.45, 7) is 3.56. The number of fused-ring (bicyclic) bond motifs is 1. The van der Waals surface area contributed by atoms with Crippen LogP contribution in [0.3, 0.4) is 0 Å². The molecule has 1 aromatic rings. The number of hydrogen-bond acceptors (Lipinski definition) is 3. The van der Waals surface area contributed by atoms with Crippen molar-refractivity contribution in [3.8, 4) is 0 Å². The lowest BCUT2D eigenvalue weighted by molar-refractivity contribution is -0.125. The van der Waals surface area contributed by atoms with E-state index in [-0.39, 0.29) is 11.9 Å². The van der Waals surface area contributed by atoms with Gasteiger partial charge in [0.15, 0.2) is 0 Å². The molecule has 2 aliphatic rings. The van der Waals surface area contributed by atoms with E-state index in [2.05, 4.69) is 5.32 Å². The van der Waals surface area contributed by atoms with Crippen LogP contribution < -0.4 is 5.32 Å². The third-order valence-corrected chi connectivity index (χ3v) is 4.29. The first kappa shape index (κ1) is 13.8. The number of carbonyl (C=O) groups is 3. The molecule has 0 saturated heterocycles. The van der Waals surface area contributed by atoms with Crippen LogP contribution in [0.25, 0.3) is 0 Å². The summed E-state index contributed by atoms with van der Waals surface area (Å²) in [5, 5.41) is 2.90. The van der Waals surface area contributed by atoms with Crippen molar-refractivity contribution in [2.45, 2.75) is 38.8 Å². The number of nitrogens with zero attached hydrogens (tertiary/aromatic N) is 1. The fraction of sp³-hybridized carbons (Fsp3) is 0.438. The van der Waals surface area contributed by atoms with E-state index in [4.69, 9.17) is 0 Å². The Hall–Kier alpha value is -2.17. The molecule has 5 nitrogen and oxygen atoms in total. The van der Waals surface area contributed by atoms with Crippen LogP contribution in [0.1, 0.15) is 47.4 Å². The van der Waals surface area contributed by atoms with E-state index < -0.39 is 17.9 Å². The lowest BCUT2D eigenvalue weighted by Crippen LogP contribution is -2.50. The summed E-state index contributed by atoms with van der Waals surface area (Å²) in [5.74, 6) is -0.526. The predicted molar refractivity (Wildman–Crippen MR) is 76.7 cm³/mol. The second-order valence-corrected chi connectivity index (χ2v) is 5.84. The first-order valence-electron chi connectivity index (χ1n) is 7.28. The second kappa shape index (κ2) is 4.98. The maximum absolute atomic E-state index is 12.3. The lowest BCUT2D eigenvalue weighted by atomic mass is 10.1. The van der Waals surface area contributed by atoms with E-state index >= 15 is 0 Å². The lowest BCUT2D eigenvalue weighted by Gasteiger charge is -2.23. The smallest absolute Gasteiger partial charge is 0.262 e. The topological polar surface area (TPSA) is 66.5 Å². The Morgan fingerprint density at radius 2 is 1.67 bits per heavy atom. The number of amides is 3. The van der Waals surface area contributed by atoms with Crippen LogP contribution in [0, 0.1) is 5.92 Å². The van der Waals surface area contributed by atoms with Crippen molar-refractivity contribution in [2.24, 2.45) is 5.92 Å². The van der Waals surface area contributed by atoms with Gasteiger partial charge in [0.25, 0.3) is 11.8 Å². The van der Waals surface area contributed by atoms with Crippen molar-refractivity contribution in [1.29, 1.82) is 0 Å². The third kappa shape index (κ3) is 2.33. The zero-order valence-electron chi connectivity index (χ0n) is 12.1. The minimum absolute atomic E-state index is 0.0927. The highest BCUT2D eigenvalue weighted by Gasteiger charge is 2.41. The molecule has 0 aromatic heterocycles. The molecule has 1 aliphatic heterocycles. The van der Waals surface area contributed by atoms with Crippen molar-refractivity contribution in [2.75, 3.05) is 0 Å². The quantitative estimate of drug-likeness (QED) is 0.855. The molecule has 1 heterocycles. The van der Waals surface area contributed by atoms with Gasteiger partial charge in [-0.2, -0.15) is 0 Å². The molecule has 110 valence electrons. The van der Waals surface area contributed by atoms with E-state index in [0.717, 1.165) is 17.7 Å². The Morgan fingerprint density at radius 1 is 1.14 bits per heavy atom. The van der Waals surface area contributed by atoms with Crippen LogP contribution in [0.5, 0.6) is 0 Å². The highest BCUT2D eigenvalue weighted by molar-refractivity contribution is 6.22. The average molecular weight is 286 g/mol. The van der Waals surface area contributed by atoms with Crippen LogP contribution >= 0.6 is 0 Å². The molecule has 0 spiro atoms. The average Bonchev–Trinajstić information content (AvgIpc) is 3.28. The Balaban J connectivity index is 1.76. The Kier molecular flexibility index (Phi) is 3.27. The van der Waals surface area contributed by atoms with Crippen molar-refractivity contribution in [3.05, 3.63) is 35.4 Å². The number of imide groups is 1. The number of carbonyl (C=O) groups excluding carboxylic acids is 3. The van der Waals surface area contributed by atoms with Crippen LogP contribution in [-0.4, -0.2) is 34.7 Å². The monoisotopic (exact) mass is 286 g/mol. The molecule has 1 N–H and O–H groups in total. The zero-order chi connectivity index (χ0) is 15.1. The van der Waals surface area contributed by atoms with Gasteiger partial charge < -0.3 is 5.32 Å². The zero-order valence-corrected chi connectivity index (χ0v) is 12.1. The fourth-order valence-corrected chi connectivity index (χ4v) is 2.74. The summed E-state index contributed by atoms with van der Waals surface area (Å²) >= 11 is 0. The molecule has 3 amide bonds. The minimum atomic E-state index is -0.793. The van der Waals surface area contributed by atoms with Crippen molar-refractivity contribution in [3.63, 3.8) is 0 Å². The van der Waals surface area contributed by atoms with E-state index in [1.54, 1.807) is 31.2 Å². The molecule has 1 aliphatic carbocycles. The molecule has 0 bridgehead atoms. The summed E-state index contributed by atoms with van der Waals surface area (Å²) in [5.41, 5.74) is 0.745. The molecular formula is C16H18N2O3. The minimum Gasteiger partial charge on any atom is -0.352 e. The first-order valence-corrected chi connectivity index (χ1v) is 7.28. The highest BCUT2D eigenvalue weighted by atomic mass is 16.2. The summed E-state index contributed by atoms with van der Waals surface area (Å²) in [7, 11) is 0. The molecule has 3 rings (SSSR count). The number of hydrogen-bond donors (Lipinski definition) is 1. The molecule has 21 heavy (non-hydrogen) atoms. The van der Waals surface area contributed by atoms with Crippen molar-refractivity contribution >= 4 is 17.7 Å². The molecule has 2 unspecified atom stereocenters. The van der Waals surface area contributed by atoms with Gasteiger partial charge in [-0.1, -0.05) is 12.1 Å². The maximum Gasteiger partial charge on any atom is 0.262 e. The summed E-state index contributed by atoms with van der Waals surface area (Å²) in [6.07, 6.45) is 2.26. The third-order valence-electron chi connectivity index (χ3n) is 4.29. The fourth-order valence-electron chi connectivity index (χ4n) is 2.74. The molecule has 2 atom stereocenters. The Morgan fingerprint density at radius 3 is 2.14 bits per heavy atom. The molecular weight excluding hydrogens is 268 g/mol. The standard InChI is InChI=1S/C16H18N2O3/c1-9(11-7-8-11)17-14(19)10(2)18-15(20)12-5-3-4-6-13(12)16(18)21/h3-6,9-11H,7-8H2,1-2H3,(H,17,19). The summed E-state index contributed by atoms with van der Waals surface area (Å²) < 4.78 is 0. The van der Waals surface area contributed by atoms with E-state index in [1.165, 1.54) is 0 Å². The van der Waals surface area contributed by atoms with Gasteiger partial charge in [0, 0.05) is 6.04 Å². The highest BCUT2D eigenvalue weighted by Crippen LogP contribution is 2.32. The van der Waals surface area contributed by atoms with E-state index in [0.29, 0.717) is 17.0 Å². The van der Waals surface area contributed by atoms with Gasteiger partial charge in [0.1, 0.15) is 6.04 Å². The SMILES string of the molecule is CC(NC(=O)C(C)N1C(=O)c2ccccc2C1=O)C1CC1. The van der Waals surface area contributed by atoms with Crippen molar-refractivity contribution in [1.82, 2.24) is 10.2 Å². The van der Waals surface area contributed by atoms with E-state index in [9.17, 15) is 14.4 Å². The van der Waals surface area contributed by atoms with Gasteiger partial charge >= 0.3 is 0 Å². The van der Waals surface area contributed by atoms with Crippen LogP contribution in [-0.2, 0) is 4.79 Å². The number of benzene rings is 1. The first-order chi connectivity index (χ1) is 10.0. The van der Waals surface area contributed by atoms with Gasteiger partial charge in [-0.15, -0.1) is 0 Å². The molecule has 5 heteroatoms. The molecule has 1 fully saturated rings. The number of rotatable bonds is 4. The largest absolute Gasteiger partial charge is 0.352 e. The van der Waals surface area contributed by atoms with Gasteiger partial charge in [0.2, 0.25) is 5.91 Å².